The number of methoxy groups -OCH3 is 1. The zero-order chi connectivity index (χ0) is 19.2. The van der Waals surface area contributed by atoms with Crippen LogP contribution in [0.15, 0.2) is 34.8 Å². The van der Waals surface area contributed by atoms with Gasteiger partial charge in [0.15, 0.2) is 0 Å². The SMILES string of the molecule is COC1=C[C@@]23CCC(C)[C@](C)(CC(OC=O)c4ccoc4)C2C(=O)CC[C@@H]13. The predicted octanol–water partition coefficient (Wildman–Crippen LogP) is 4.45. The molecule has 6 atom stereocenters. The van der Waals surface area contributed by atoms with E-state index in [2.05, 4.69) is 19.9 Å². The molecule has 0 saturated heterocycles. The molecule has 4 rings (SSSR count). The molecule has 0 amide bonds. The molecule has 0 radical (unpaired) electrons. The summed E-state index contributed by atoms with van der Waals surface area (Å²) in [6, 6.07) is 1.83. The first-order valence-corrected chi connectivity index (χ1v) is 9.87. The third-order valence-electron chi connectivity index (χ3n) is 7.73. The van der Waals surface area contributed by atoms with Crippen molar-refractivity contribution < 1.29 is 23.5 Å². The third kappa shape index (κ3) is 2.58. The summed E-state index contributed by atoms with van der Waals surface area (Å²) in [5.74, 6) is 2.04. The lowest BCUT2D eigenvalue weighted by Crippen LogP contribution is -2.61. The monoisotopic (exact) mass is 372 g/mol. The standard InChI is InChI=1S/C22H28O5/c1-14-6-8-22-11-19(25-3)16(22)4-5-17(24)20(22)21(14,2)10-18(27-13-23)15-7-9-26-12-15/h7,9,11-14,16,18,20H,4-6,8,10H2,1-3H3/t14?,16-,18?,20?,21-,22+/m0/s1. The molecule has 146 valence electrons. The molecule has 3 aliphatic carbocycles. The molecule has 1 spiro atoms. The Morgan fingerprint density at radius 3 is 2.89 bits per heavy atom. The highest BCUT2D eigenvalue weighted by atomic mass is 16.5. The van der Waals surface area contributed by atoms with Crippen LogP contribution >= 0.6 is 0 Å². The summed E-state index contributed by atoms with van der Waals surface area (Å²) >= 11 is 0. The van der Waals surface area contributed by atoms with Gasteiger partial charge in [0.05, 0.1) is 25.4 Å². The van der Waals surface area contributed by atoms with Gasteiger partial charge in [-0.15, -0.1) is 0 Å². The maximum atomic E-state index is 13.2. The maximum absolute atomic E-state index is 13.2. The summed E-state index contributed by atoms with van der Waals surface area (Å²) in [5, 5.41) is 0. The van der Waals surface area contributed by atoms with Gasteiger partial charge in [0.25, 0.3) is 6.47 Å². The van der Waals surface area contributed by atoms with E-state index in [9.17, 15) is 9.59 Å². The van der Waals surface area contributed by atoms with E-state index in [1.54, 1.807) is 19.6 Å². The Labute approximate surface area is 160 Å². The lowest BCUT2D eigenvalue weighted by atomic mass is 9.40. The van der Waals surface area contributed by atoms with Crippen molar-refractivity contribution in [3.63, 3.8) is 0 Å². The zero-order valence-corrected chi connectivity index (χ0v) is 16.3. The number of furan rings is 1. The van der Waals surface area contributed by atoms with Crippen LogP contribution in [-0.4, -0.2) is 19.4 Å². The van der Waals surface area contributed by atoms with Gasteiger partial charge < -0.3 is 13.9 Å². The van der Waals surface area contributed by atoms with Gasteiger partial charge in [0, 0.05) is 29.2 Å². The van der Waals surface area contributed by atoms with Gasteiger partial charge in [0.1, 0.15) is 11.9 Å². The maximum Gasteiger partial charge on any atom is 0.293 e. The van der Waals surface area contributed by atoms with E-state index in [4.69, 9.17) is 13.9 Å². The average molecular weight is 372 g/mol. The molecular formula is C22H28O5. The summed E-state index contributed by atoms with van der Waals surface area (Å²) < 4.78 is 16.2. The number of hydrogen-bond acceptors (Lipinski definition) is 5. The molecule has 3 unspecified atom stereocenters. The molecule has 27 heavy (non-hydrogen) atoms. The molecule has 3 aliphatic rings. The van der Waals surface area contributed by atoms with Crippen LogP contribution in [-0.2, 0) is 19.1 Å². The minimum Gasteiger partial charge on any atom is -0.501 e. The number of hydrogen-bond donors (Lipinski definition) is 0. The van der Waals surface area contributed by atoms with Gasteiger partial charge in [-0.25, -0.2) is 0 Å². The normalized spacial score (nSPS) is 38.7. The smallest absolute Gasteiger partial charge is 0.293 e. The van der Waals surface area contributed by atoms with E-state index < -0.39 is 6.10 Å². The summed E-state index contributed by atoms with van der Waals surface area (Å²) in [7, 11) is 1.72. The highest BCUT2D eigenvalue weighted by Gasteiger charge is 2.65. The van der Waals surface area contributed by atoms with Gasteiger partial charge in [-0.1, -0.05) is 13.8 Å². The van der Waals surface area contributed by atoms with Crippen molar-refractivity contribution in [1.82, 2.24) is 0 Å². The second-order valence-corrected chi connectivity index (χ2v) is 8.78. The number of carbonyl (C=O) groups excluding carboxylic acids is 2. The van der Waals surface area contributed by atoms with E-state index in [-0.39, 0.29) is 16.7 Å². The molecule has 0 aliphatic heterocycles. The molecule has 0 aromatic carbocycles. The Bertz CT molecular complexity index is 751. The van der Waals surface area contributed by atoms with Crippen LogP contribution in [0, 0.1) is 28.6 Å². The van der Waals surface area contributed by atoms with Gasteiger partial charge in [-0.3, -0.25) is 9.59 Å². The van der Waals surface area contributed by atoms with Gasteiger partial charge in [0.2, 0.25) is 0 Å². The Morgan fingerprint density at radius 1 is 1.41 bits per heavy atom. The lowest BCUT2D eigenvalue weighted by Gasteiger charge is -2.63. The minimum atomic E-state index is -0.400. The van der Waals surface area contributed by atoms with Crippen molar-refractivity contribution in [2.75, 3.05) is 7.11 Å². The molecule has 1 heterocycles. The minimum absolute atomic E-state index is 0.0592. The Morgan fingerprint density at radius 2 is 2.22 bits per heavy atom. The van der Waals surface area contributed by atoms with E-state index in [1.807, 2.05) is 6.07 Å². The molecule has 1 aromatic rings. The highest BCUT2D eigenvalue weighted by molar-refractivity contribution is 5.85. The van der Waals surface area contributed by atoms with Crippen molar-refractivity contribution in [3.8, 4) is 0 Å². The first kappa shape index (κ1) is 18.3. The number of Topliss-reactive ketones (excluding diaryl/α,β-unsaturated/α-hetero) is 1. The summed E-state index contributed by atoms with van der Waals surface area (Å²) in [6.45, 7) is 4.95. The first-order valence-electron chi connectivity index (χ1n) is 9.87. The first-order chi connectivity index (χ1) is 13.0. The largest absolute Gasteiger partial charge is 0.501 e. The number of ketones is 1. The van der Waals surface area contributed by atoms with Gasteiger partial charge in [-0.05, 0) is 49.2 Å². The van der Waals surface area contributed by atoms with Crippen LogP contribution in [0.4, 0.5) is 0 Å². The van der Waals surface area contributed by atoms with Gasteiger partial charge >= 0.3 is 0 Å². The molecule has 0 N–H and O–H groups in total. The Kier molecular flexibility index (Phi) is 4.44. The molecule has 5 heteroatoms. The fourth-order valence-electron chi connectivity index (χ4n) is 6.20. The van der Waals surface area contributed by atoms with Crippen molar-refractivity contribution in [1.29, 1.82) is 0 Å². The lowest BCUT2D eigenvalue weighted by molar-refractivity contribution is -0.163. The molecule has 2 fully saturated rings. The fourth-order valence-corrected chi connectivity index (χ4v) is 6.20. The van der Waals surface area contributed by atoms with Crippen molar-refractivity contribution in [3.05, 3.63) is 36.0 Å². The third-order valence-corrected chi connectivity index (χ3v) is 7.73. The van der Waals surface area contributed by atoms with Crippen LogP contribution in [0.3, 0.4) is 0 Å². The van der Waals surface area contributed by atoms with Crippen molar-refractivity contribution >= 4 is 12.3 Å². The van der Waals surface area contributed by atoms with Crippen LogP contribution in [0.2, 0.25) is 0 Å². The van der Waals surface area contributed by atoms with Crippen LogP contribution in [0.5, 0.6) is 0 Å². The average Bonchev–Trinajstić information content (AvgIpc) is 3.16. The van der Waals surface area contributed by atoms with Gasteiger partial charge in [-0.2, -0.15) is 0 Å². The molecule has 5 nitrogen and oxygen atoms in total. The number of rotatable bonds is 6. The van der Waals surface area contributed by atoms with E-state index in [0.29, 0.717) is 36.9 Å². The quantitative estimate of drug-likeness (QED) is 0.691. The Hall–Kier alpha value is -2.04. The van der Waals surface area contributed by atoms with E-state index >= 15 is 0 Å². The highest BCUT2D eigenvalue weighted by Crippen LogP contribution is 2.68. The molecule has 0 bridgehead atoms. The zero-order valence-electron chi connectivity index (χ0n) is 16.3. The van der Waals surface area contributed by atoms with Crippen LogP contribution in [0.1, 0.15) is 57.6 Å². The van der Waals surface area contributed by atoms with Crippen LogP contribution < -0.4 is 0 Å². The van der Waals surface area contributed by atoms with E-state index in [0.717, 1.165) is 30.6 Å². The number of allylic oxidation sites excluding steroid dienone is 2. The second kappa shape index (κ2) is 6.54. The fraction of sp³-hybridized carbons (Fsp3) is 0.636. The number of carbonyl (C=O) groups is 2. The second-order valence-electron chi connectivity index (χ2n) is 8.78. The summed E-state index contributed by atoms with van der Waals surface area (Å²) in [5.41, 5.74) is 0.496. The molecule has 1 aromatic heterocycles. The molecule has 2 saturated carbocycles. The van der Waals surface area contributed by atoms with Crippen molar-refractivity contribution in [2.45, 2.75) is 52.1 Å². The summed E-state index contributed by atoms with van der Waals surface area (Å²) in [4.78, 5) is 24.3. The van der Waals surface area contributed by atoms with Crippen LogP contribution in [0.25, 0.3) is 0 Å². The predicted molar refractivity (Wildman–Crippen MR) is 98.5 cm³/mol. The summed E-state index contributed by atoms with van der Waals surface area (Å²) in [6.07, 6.45) is 9.23. The topological polar surface area (TPSA) is 65.7 Å². The van der Waals surface area contributed by atoms with Crippen molar-refractivity contribution in [2.24, 2.45) is 28.6 Å². The van der Waals surface area contributed by atoms with E-state index in [1.165, 1.54) is 0 Å². The Balaban J connectivity index is 1.72. The molecular weight excluding hydrogens is 344 g/mol. The number of ether oxygens (including phenoxy) is 2.